The fourth-order valence-electron chi connectivity index (χ4n) is 5.36. The lowest BCUT2D eigenvalue weighted by molar-refractivity contribution is -0.144. The van der Waals surface area contributed by atoms with Gasteiger partial charge in [0, 0.05) is 0 Å². The molecule has 0 radical (unpaired) electrons. The Hall–Kier alpha value is -1.51. The maximum absolute atomic E-state index is 12.7. The molecule has 0 bridgehead atoms. The molecular formula is C35H62O3. The summed E-state index contributed by atoms with van der Waals surface area (Å²) in [5, 5.41) is 10.4. The van der Waals surface area contributed by atoms with Gasteiger partial charge in [-0.1, -0.05) is 157 Å². The van der Waals surface area contributed by atoms with Gasteiger partial charge in [0.1, 0.15) is 5.75 Å². The fourth-order valence-corrected chi connectivity index (χ4v) is 5.36. The van der Waals surface area contributed by atoms with Crippen LogP contribution in [-0.2, 0) is 14.9 Å². The molecule has 0 amide bonds. The van der Waals surface area contributed by atoms with Crippen molar-refractivity contribution < 1.29 is 14.6 Å². The minimum atomic E-state index is -0.156. The average Bonchev–Trinajstić information content (AvgIpc) is 2.83. The predicted octanol–water partition coefficient (Wildman–Crippen LogP) is 11.0. The summed E-state index contributed by atoms with van der Waals surface area (Å²) in [6, 6.07) is 5.81. The van der Waals surface area contributed by atoms with Gasteiger partial charge in [-0.05, 0) is 40.4 Å². The van der Waals surface area contributed by atoms with Gasteiger partial charge in [0.2, 0.25) is 0 Å². The molecule has 0 aromatic heterocycles. The average molecular weight is 531 g/mol. The fraction of sp³-hybridized carbons (Fsp3) is 0.800. The summed E-state index contributed by atoms with van der Waals surface area (Å²) in [6.07, 6.45) is 21.8. The largest absolute Gasteiger partial charge is 0.508 e. The van der Waals surface area contributed by atoms with Gasteiger partial charge in [-0.2, -0.15) is 0 Å². The second-order valence-corrected chi connectivity index (χ2v) is 13.7. The molecule has 1 aromatic carbocycles. The minimum absolute atomic E-state index is 0.0440. The number of unbranched alkanes of at least 4 members (excludes halogenated alkanes) is 15. The van der Waals surface area contributed by atoms with E-state index in [2.05, 4.69) is 54.5 Å². The smallest absolute Gasteiger partial charge is 0.306 e. The molecule has 0 spiro atoms. The zero-order chi connectivity index (χ0) is 28.4. The van der Waals surface area contributed by atoms with Gasteiger partial charge in [0.25, 0.3) is 0 Å². The Morgan fingerprint density at radius 2 is 1.18 bits per heavy atom. The van der Waals surface area contributed by atoms with Gasteiger partial charge >= 0.3 is 5.97 Å². The molecule has 0 heterocycles. The number of carbonyl (C=O) groups is 1. The first-order chi connectivity index (χ1) is 18.0. The molecule has 1 N–H and O–H groups in total. The van der Waals surface area contributed by atoms with Crippen LogP contribution in [0.25, 0.3) is 0 Å². The molecule has 0 saturated carbocycles. The van der Waals surface area contributed by atoms with Crippen LogP contribution in [-0.4, -0.2) is 17.7 Å². The monoisotopic (exact) mass is 530 g/mol. The third-order valence-electron chi connectivity index (χ3n) is 7.91. The van der Waals surface area contributed by atoms with E-state index in [0.29, 0.717) is 18.8 Å². The van der Waals surface area contributed by atoms with Gasteiger partial charge < -0.3 is 9.84 Å². The molecule has 0 saturated heterocycles. The van der Waals surface area contributed by atoms with Crippen molar-refractivity contribution in [1.29, 1.82) is 0 Å². The maximum atomic E-state index is 12.7. The number of hydrogen-bond acceptors (Lipinski definition) is 3. The Bertz CT molecular complexity index is 753. The Labute approximate surface area is 236 Å². The number of rotatable bonds is 20. The van der Waals surface area contributed by atoms with Crippen LogP contribution in [0.5, 0.6) is 5.75 Å². The van der Waals surface area contributed by atoms with Crippen LogP contribution in [0.3, 0.4) is 0 Å². The predicted molar refractivity (Wildman–Crippen MR) is 164 cm³/mol. The Morgan fingerprint density at radius 3 is 1.61 bits per heavy atom. The van der Waals surface area contributed by atoms with Crippen LogP contribution < -0.4 is 0 Å². The van der Waals surface area contributed by atoms with E-state index < -0.39 is 0 Å². The molecule has 1 unspecified atom stereocenters. The van der Waals surface area contributed by atoms with Crippen molar-refractivity contribution in [2.75, 3.05) is 6.61 Å². The molecule has 1 atom stereocenters. The van der Waals surface area contributed by atoms with Crippen molar-refractivity contribution in [3.05, 3.63) is 29.3 Å². The first-order valence-corrected chi connectivity index (χ1v) is 16.0. The zero-order valence-electron chi connectivity index (χ0n) is 26.3. The van der Waals surface area contributed by atoms with Crippen LogP contribution in [0.2, 0.25) is 0 Å². The molecule has 0 aliphatic carbocycles. The van der Waals surface area contributed by atoms with Crippen molar-refractivity contribution in [3.63, 3.8) is 0 Å². The molecule has 0 aliphatic heterocycles. The molecule has 1 aromatic rings. The number of phenols is 1. The van der Waals surface area contributed by atoms with E-state index in [-0.39, 0.29) is 22.7 Å². The normalized spacial score (nSPS) is 13.0. The number of carbonyl (C=O) groups excluding carboxylic acids is 1. The van der Waals surface area contributed by atoms with Crippen LogP contribution in [0.15, 0.2) is 18.2 Å². The summed E-state index contributed by atoms with van der Waals surface area (Å²) in [5.74, 6) is 0.249. The highest BCUT2D eigenvalue weighted by Gasteiger charge is 2.30. The standard InChI is InChI=1S/C35H62O3/c1-8-9-10-11-12-13-14-15-16-17-18-19-20-21-22-23-26-38-33(37)28-30(34(2,3)4)29-24-25-32(36)31(27-29)35(5,6)7/h24-25,27,30,36H,8-23,26,28H2,1-7H3. The SMILES string of the molecule is CCCCCCCCCCCCCCCCCCOC(=O)CC(c1ccc(O)c(C(C)(C)C)c1)C(C)(C)C. The molecule has 3 heteroatoms. The topological polar surface area (TPSA) is 46.5 Å². The highest BCUT2D eigenvalue weighted by molar-refractivity contribution is 5.70. The summed E-state index contributed by atoms with van der Waals surface area (Å²) < 4.78 is 5.64. The third kappa shape index (κ3) is 15.2. The van der Waals surface area contributed by atoms with Crippen LogP contribution >= 0.6 is 0 Å². The van der Waals surface area contributed by atoms with Crippen molar-refractivity contribution in [2.45, 2.75) is 169 Å². The highest BCUT2D eigenvalue weighted by atomic mass is 16.5. The summed E-state index contributed by atoms with van der Waals surface area (Å²) in [4.78, 5) is 12.7. The van der Waals surface area contributed by atoms with E-state index in [1.807, 2.05) is 6.07 Å². The van der Waals surface area contributed by atoms with Crippen molar-refractivity contribution >= 4 is 5.97 Å². The van der Waals surface area contributed by atoms with Gasteiger partial charge in [0.05, 0.1) is 13.0 Å². The first-order valence-electron chi connectivity index (χ1n) is 16.0. The molecule has 0 aliphatic rings. The van der Waals surface area contributed by atoms with Crippen molar-refractivity contribution in [3.8, 4) is 5.75 Å². The van der Waals surface area contributed by atoms with E-state index in [1.54, 1.807) is 6.07 Å². The number of aromatic hydroxyl groups is 1. The molecule has 0 fully saturated rings. The van der Waals surface area contributed by atoms with Crippen molar-refractivity contribution in [2.24, 2.45) is 5.41 Å². The first kappa shape index (κ1) is 34.5. The summed E-state index contributed by atoms with van der Waals surface area (Å²) in [5.41, 5.74) is 1.78. The van der Waals surface area contributed by atoms with Gasteiger partial charge in [-0.3, -0.25) is 4.79 Å². The van der Waals surface area contributed by atoms with E-state index in [9.17, 15) is 9.90 Å². The second kappa shape index (κ2) is 18.7. The zero-order valence-corrected chi connectivity index (χ0v) is 26.3. The lowest BCUT2D eigenvalue weighted by atomic mass is 9.73. The lowest BCUT2D eigenvalue weighted by Crippen LogP contribution is -2.23. The maximum Gasteiger partial charge on any atom is 0.306 e. The Morgan fingerprint density at radius 1 is 0.737 bits per heavy atom. The quantitative estimate of drug-likeness (QED) is 0.135. The van der Waals surface area contributed by atoms with Crippen LogP contribution in [0, 0.1) is 5.41 Å². The Balaban J connectivity index is 2.19. The van der Waals surface area contributed by atoms with Crippen molar-refractivity contribution in [1.82, 2.24) is 0 Å². The lowest BCUT2D eigenvalue weighted by Gasteiger charge is -2.32. The van der Waals surface area contributed by atoms with E-state index in [0.717, 1.165) is 24.0 Å². The van der Waals surface area contributed by atoms with Crippen LogP contribution in [0.1, 0.15) is 175 Å². The molecule has 3 nitrogen and oxygen atoms in total. The van der Waals surface area contributed by atoms with Gasteiger partial charge in [-0.25, -0.2) is 0 Å². The minimum Gasteiger partial charge on any atom is -0.508 e. The van der Waals surface area contributed by atoms with E-state index in [4.69, 9.17) is 4.74 Å². The summed E-state index contributed by atoms with van der Waals surface area (Å²) in [7, 11) is 0. The summed E-state index contributed by atoms with van der Waals surface area (Å²) in [6.45, 7) is 15.6. The van der Waals surface area contributed by atoms with Crippen LogP contribution in [0.4, 0.5) is 0 Å². The molecular weight excluding hydrogens is 468 g/mol. The number of hydrogen-bond donors (Lipinski definition) is 1. The number of benzene rings is 1. The second-order valence-electron chi connectivity index (χ2n) is 13.7. The summed E-state index contributed by atoms with van der Waals surface area (Å²) >= 11 is 0. The number of ether oxygens (including phenoxy) is 1. The third-order valence-corrected chi connectivity index (χ3v) is 7.91. The van der Waals surface area contributed by atoms with Gasteiger partial charge in [0.15, 0.2) is 0 Å². The number of esters is 1. The molecule has 1 rings (SSSR count). The Kier molecular flexibility index (Phi) is 17.0. The van der Waals surface area contributed by atoms with E-state index >= 15 is 0 Å². The number of phenolic OH excluding ortho intramolecular Hbond substituents is 1. The highest BCUT2D eigenvalue weighted by Crippen LogP contribution is 2.41. The molecule has 220 valence electrons. The van der Waals surface area contributed by atoms with E-state index in [1.165, 1.54) is 89.9 Å². The molecule has 38 heavy (non-hydrogen) atoms. The van der Waals surface area contributed by atoms with Gasteiger partial charge in [-0.15, -0.1) is 0 Å².